The van der Waals surface area contributed by atoms with Crippen molar-refractivity contribution in [3.63, 3.8) is 0 Å². The van der Waals surface area contributed by atoms with E-state index >= 15 is 0 Å². The van der Waals surface area contributed by atoms with Gasteiger partial charge >= 0.3 is 0 Å². The van der Waals surface area contributed by atoms with Crippen molar-refractivity contribution in [2.24, 2.45) is 5.92 Å². The van der Waals surface area contributed by atoms with Gasteiger partial charge < -0.3 is 5.32 Å². The molecule has 0 aromatic carbocycles. The minimum absolute atomic E-state index is 0.231. The highest BCUT2D eigenvalue weighted by atomic mass is 32.2. The zero-order valence-corrected chi connectivity index (χ0v) is 11.7. The third kappa shape index (κ3) is 3.39. The van der Waals surface area contributed by atoms with Crippen LogP contribution in [0.2, 0.25) is 0 Å². The van der Waals surface area contributed by atoms with Crippen molar-refractivity contribution < 1.29 is 0 Å². The number of rotatable bonds is 4. The standard InChI is InChI=1S/C14H24N2S/c1-16-14(11-15)8-4-7-13(9-14)17-10-12-5-2-3-6-12/h12-13,16H,2-10H2,1H3. The van der Waals surface area contributed by atoms with Crippen molar-refractivity contribution in [2.75, 3.05) is 12.8 Å². The first kappa shape index (κ1) is 13.2. The lowest BCUT2D eigenvalue weighted by Gasteiger charge is -2.35. The van der Waals surface area contributed by atoms with E-state index in [1.807, 2.05) is 7.05 Å². The summed E-state index contributed by atoms with van der Waals surface area (Å²) in [7, 11) is 1.94. The normalized spacial score (nSPS) is 34.7. The minimum Gasteiger partial charge on any atom is -0.302 e. The zero-order chi connectivity index (χ0) is 12.1. The molecule has 2 atom stereocenters. The smallest absolute Gasteiger partial charge is 0.107 e. The molecule has 2 unspecified atom stereocenters. The quantitative estimate of drug-likeness (QED) is 0.833. The fourth-order valence-corrected chi connectivity index (χ4v) is 4.81. The van der Waals surface area contributed by atoms with E-state index in [0.717, 1.165) is 18.8 Å². The first-order valence-electron chi connectivity index (χ1n) is 7.00. The van der Waals surface area contributed by atoms with Crippen molar-refractivity contribution in [1.29, 1.82) is 5.26 Å². The monoisotopic (exact) mass is 252 g/mol. The van der Waals surface area contributed by atoms with E-state index in [2.05, 4.69) is 23.1 Å². The van der Waals surface area contributed by atoms with Crippen LogP contribution in [0.15, 0.2) is 0 Å². The third-order valence-corrected chi connectivity index (χ3v) is 5.98. The zero-order valence-electron chi connectivity index (χ0n) is 10.9. The van der Waals surface area contributed by atoms with Gasteiger partial charge in [0.25, 0.3) is 0 Å². The Labute approximate surface area is 110 Å². The average molecular weight is 252 g/mol. The predicted octanol–water partition coefficient (Wildman–Crippen LogP) is 3.33. The number of nitrogens with zero attached hydrogens (tertiary/aromatic N) is 1. The van der Waals surface area contributed by atoms with Crippen molar-refractivity contribution in [1.82, 2.24) is 5.32 Å². The van der Waals surface area contributed by atoms with Gasteiger partial charge in [0.05, 0.1) is 6.07 Å². The van der Waals surface area contributed by atoms with Gasteiger partial charge in [0.15, 0.2) is 0 Å². The largest absolute Gasteiger partial charge is 0.302 e. The van der Waals surface area contributed by atoms with Crippen molar-refractivity contribution >= 4 is 11.8 Å². The topological polar surface area (TPSA) is 35.8 Å². The van der Waals surface area contributed by atoms with Gasteiger partial charge in [0, 0.05) is 5.25 Å². The molecule has 0 heterocycles. The van der Waals surface area contributed by atoms with Crippen LogP contribution in [0.5, 0.6) is 0 Å². The maximum atomic E-state index is 9.32. The van der Waals surface area contributed by atoms with E-state index in [1.54, 1.807) is 0 Å². The fourth-order valence-electron chi connectivity index (χ4n) is 3.20. The van der Waals surface area contributed by atoms with E-state index < -0.39 is 0 Å². The van der Waals surface area contributed by atoms with Crippen LogP contribution in [-0.4, -0.2) is 23.6 Å². The third-order valence-electron chi connectivity index (χ3n) is 4.44. The van der Waals surface area contributed by atoms with Crippen molar-refractivity contribution in [3.05, 3.63) is 0 Å². The summed E-state index contributed by atoms with van der Waals surface area (Å²) in [4.78, 5) is 0. The lowest BCUT2D eigenvalue weighted by atomic mass is 9.83. The highest BCUT2D eigenvalue weighted by Gasteiger charge is 2.35. The summed E-state index contributed by atoms with van der Waals surface area (Å²) in [6.45, 7) is 0. The summed E-state index contributed by atoms with van der Waals surface area (Å²) >= 11 is 2.14. The predicted molar refractivity (Wildman–Crippen MR) is 74.1 cm³/mol. The van der Waals surface area contributed by atoms with Crippen LogP contribution in [-0.2, 0) is 0 Å². The average Bonchev–Trinajstić information content (AvgIpc) is 2.90. The molecule has 17 heavy (non-hydrogen) atoms. The summed E-state index contributed by atoms with van der Waals surface area (Å²) in [5.41, 5.74) is -0.231. The molecule has 2 nitrogen and oxygen atoms in total. The van der Waals surface area contributed by atoms with E-state index in [1.165, 1.54) is 44.3 Å². The number of nitriles is 1. The molecule has 0 aromatic rings. The molecule has 2 fully saturated rings. The molecule has 96 valence electrons. The molecule has 2 aliphatic carbocycles. The molecule has 2 saturated carbocycles. The molecule has 2 aliphatic rings. The van der Waals surface area contributed by atoms with Crippen LogP contribution in [0.4, 0.5) is 0 Å². The van der Waals surface area contributed by atoms with Crippen LogP contribution >= 0.6 is 11.8 Å². The van der Waals surface area contributed by atoms with Crippen molar-refractivity contribution in [3.8, 4) is 6.07 Å². The summed E-state index contributed by atoms with van der Waals surface area (Å²) < 4.78 is 0. The van der Waals surface area contributed by atoms with E-state index in [0.29, 0.717) is 5.25 Å². The fraction of sp³-hybridized carbons (Fsp3) is 0.929. The maximum absolute atomic E-state index is 9.32. The molecule has 1 N–H and O–H groups in total. The number of hydrogen-bond donors (Lipinski definition) is 1. The number of hydrogen-bond acceptors (Lipinski definition) is 3. The molecule has 0 spiro atoms. The second-order valence-corrected chi connectivity index (χ2v) is 6.98. The lowest BCUT2D eigenvalue weighted by molar-refractivity contribution is 0.323. The van der Waals surface area contributed by atoms with Gasteiger partial charge in [-0.1, -0.05) is 12.8 Å². The second kappa shape index (κ2) is 6.11. The Bertz CT molecular complexity index is 280. The molecule has 0 amide bonds. The Morgan fingerprint density at radius 2 is 2.06 bits per heavy atom. The first-order chi connectivity index (χ1) is 8.28. The lowest BCUT2D eigenvalue weighted by Crippen LogP contribution is -2.46. The molecular weight excluding hydrogens is 228 g/mol. The summed E-state index contributed by atoms with van der Waals surface area (Å²) in [6, 6.07) is 2.50. The highest BCUT2D eigenvalue weighted by Crippen LogP contribution is 2.37. The molecule has 0 saturated heterocycles. The van der Waals surface area contributed by atoms with Gasteiger partial charge in [-0.25, -0.2) is 0 Å². The van der Waals surface area contributed by atoms with E-state index in [-0.39, 0.29) is 5.54 Å². The van der Waals surface area contributed by atoms with Gasteiger partial charge in [-0.05, 0) is 57.2 Å². The number of nitrogens with one attached hydrogen (secondary N) is 1. The van der Waals surface area contributed by atoms with Crippen LogP contribution in [0, 0.1) is 17.2 Å². The first-order valence-corrected chi connectivity index (χ1v) is 8.05. The van der Waals surface area contributed by atoms with Gasteiger partial charge in [-0.15, -0.1) is 0 Å². The minimum atomic E-state index is -0.231. The molecule has 3 heteroatoms. The van der Waals surface area contributed by atoms with Gasteiger partial charge in [-0.3, -0.25) is 0 Å². The Balaban J connectivity index is 1.79. The Morgan fingerprint density at radius 3 is 2.71 bits per heavy atom. The maximum Gasteiger partial charge on any atom is 0.107 e. The molecule has 0 aliphatic heterocycles. The van der Waals surface area contributed by atoms with Crippen molar-refractivity contribution in [2.45, 2.75) is 62.2 Å². The second-order valence-electron chi connectivity index (χ2n) is 5.65. The summed E-state index contributed by atoms with van der Waals surface area (Å²) in [5, 5.41) is 13.3. The highest BCUT2D eigenvalue weighted by molar-refractivity contribution is 7.99. The van der Waals surface area contributed by atoms with Crippen LogP contribution in [0.25, 0.3) is 0 Å². The molecule has 0 radical (unpaired) electrons. The molecule has 0 aromatic heterocycles. The van der Waals surface area contributed by atoms with E-state index in [9.17, 15) is 5.26 Å². The molecule has 0 bridgehead atoms. The van der Waals surface area contributed by atoms with Crippen LogP contribution < -0.4 is 5.32 Å². The van der Waals surface area contributed by atoms with Crippen LogP contribution in [0.1, 0.15) is 51.4 Å². The summed E-state index contributed by atoms with van der Waals surface area (Å²) in [6.07, 6.45) is 10.3. The Morgan fingerprint density at radius 1 is 1.29 bits per heavy atom. The van der Waals surface area contributed by atoms with E-state index in [4.69, 9.17) is 0 Å². The number of thioether (sulfide) groups is 1. The summed E-state index contributed by atoms with van der Waals surface area (Å²) in [5.74, 6) is 2.29. The van der Waals surface area contributed by atoms with Crippen LogP contribution in [0.3, 0.4) is 0 Å². The molecule has 2 rings (SSSR count). The Hall–Kier alpha value is -0.200. The SMILES string of the molecule is CNC1(C#N)CCCC(SCC2CCCC2)C1. The van der Waals surface area contributed by atoms with Gasteiger partial charge in [0.2, 0.25) is 0 Å². The molecular formula is C14H24N2S. The Kier molecular flexibility index (Phi) is 4.76. The van der Waals surface area contributed by atoms with Gasteiger partial charge in [0.1, 0.15) is 5.54 Å². The van der Waals surface area contributed by atoms with Gasteiger partial charge in [-0.2, -0.15) is 17.0 Å².